The van der Waals surface area contributed by atoms with Crippen LogP contribution in [0.15, 0.2) is 59.5 Å². The Morgan fingerprint density at radius 1 is 0.964 bits per heavy atom. The molecule has 2 atom stereocenters. The molecule has 0 aliphatic carbocycles. The van der Waals surface area contributed by atoms with E-state index in [1.807, 2.05) is 47.4 Å². The lowest BCUT2D eigenvalue weighted by molar-refractivity contribution is 0.0776. The van der Waals surface area contributed by atoms with E-state index in [4.69, 9.17) is 0 Å². The molecule has 1 amide bonds. The highest BCUT2D eigenvalue weighted by Crippen LogP contribution is 2.31. The van der Waals surface area contributed by atoms with Gasteiger partial charge in [-0.3, -0.25) is 9.59 Å². The average molecular weight is 373 g/mol. The van der Waals surface area contributed by atoms with Crippen molar-refractivity contribution in [3.05, 3.63) is 70.5 Å². The topological polar surface area (TPSA) is 56.4 Å². The number of aromatic amines is 1. The summed E-state index contributed by atoms with van der Waals surface area (Å²) in [5.74, 6) is 1.31. The number of rotatable bonds is 2. The van der Waals surface area contributed by atoms with Crippen molar-refractivity contribution in [2.45, 2.75) is 0 Å². The fourth-order valence-corrected chi connectivity index (χ4v) is 4.76. The SMILES string of the molecule is CN1C[C@@H]2CN(C(=O)c3cccc(-c4ccc5[nH]ccc(=O)c5c4)c3)C[C@@H]2C1. The number of pyridine rings is 1. The molecule has 0 unspecified atom stereocenters. The molecule has 0 spiro atoms. The second-order valence-corrected chi connectivity index (χ2v) is 8.13. The summed E-state index contributed by atoms with van der Waals surface area (Å²) in [6.45, 7) is 3.87. The summed E-state index contributed by atoms with van der Waals surface area (Å²) in [5, 5.41) is 0.660. The van der Waals surface area contributed by atoms with E-state index < -0.39 is 0 Å². The Hall–Kier alpha value is -2.92. The number of amides is 1. The Kier molecular flexibility index (Phi) is 4.05. The number of aromatic nitrogens is 1. The van der Waals surface area contributed by atoms with E-state index in [2.05, 4.69) is 16.9 Å². The molecule has 1 aromatic heterocycles. The summed E-state index contributed by atoms with van der Waals surface area (Å²) in [5.41, 5.74) is 3.43. The van der Waals surface area contributed by atoms with Gasteiger partial charge in [-0.05, 0) is 54.3 Å². The van der Waals surface area contributed by atoms with Crippen molar-refractivity contribution in [2.75, 3.05) is 33.2 Å². The number of likely N-dealkylation sites (tertiary alicyclic amines) is 2. The Bertz CT molecular complexity index is 1110. The molecule has 2 fully saturated rings. The molecule has 2 aliphatic heterocycles. The third-order valence-corrected chi connectivity index (χ3v) is 6.16. The van der Waals surface area contributed by atoms with Crippen LogP contribution >= 0.6 is 0 Å². The van der Waals surface area contributed by atoms with Gasteiger partial charge in [-0.1, -0.05) is 18.2 Å². The van der Waals surface area contributed by atoms with Crippen LogP contribution in [0, 0.1) is 11.8 Å². The van der Waals surface area contributed by atoms with Gasteiger partial charge in [0.15, 0.2) is 5.43 Å². The molecule has 1 N–H and O–H groups in total. The lowest BCUT2D eigenvalue weighted by atomic mass is 10.0. The average Bonchev–Trinajstić information content (AvgIpc) is 3.25. The first-order valence-corrected chi connectivity index (χ1v) is 9.78. The third kappa shape index (κ3) is 2.92. The van der Waals surface area contributed by atoms with E-state index in [-0.39, 0.29) is 11.3 Å². The molecule has 3 heterocycles. The zero-order chi connectivity index (χ0) is 19.3. The number of H-pyrrole nitrogens is 1. The summed E-state index contributed by atoms with van der Waals surface area (Å²) in [4.78, 5) is 32.7. The standard InChI is InChI=1S/C23H23N3O2/c1-25-11-18-13-26(14-19(18)12-25)23(28)17-4-2-3-15(9-17)16-5-6-21-20(10-16)22(27)7-8-24-21/h2-10,18-19H,11-14H2,1H3,(H,24,27)/t18-,19+. The molecule has 0 bridgehead atoms. The number of hydrogen-bond donors (Lipinski definition) is 1. The molecule has 2 saturated heterocycles. The number of fused-ring (bicyclic) bond motifs is 2. The Morgan fingerprint density at radius 3 is 2.50 bits per heavy atom. The van der Waals surface area contributed by atoms with Gasteiger partial charge in [0.25, 0.3) is 5.91 Å². The van der Waals surface area contributed by atoms with Crippen LogP contribution in [-0.2, 0) is 0 Å². The Labute approximate surface area is 163 Å². The fourth-order valence-electron chi connectivity index (χ4n) is 4.76. The number of benzene rings is 2. The number of carbonyl (C=O) groups is 1. The first kappa shape index (κ1) is 17.2. The minimum Gasteiger partial charge on any atom is -0.361 e. The van der Waals surface area contributed by atoms with Crippen molar-refractivity contribution in [2.24, 2.45) is 11.8 Å². The number of hydrogen-bond acceptors (Lipinski definition) is 3. The number of nitrogens with zero attached hydrogens (tertiary/aromatic N) is 2. The maximum atomic E-state index is 13.1. The van der Waals surface area contributed by atoms with Crippen molar-refractivity contribution < 1.29 is 4.79 Å². The van der Waals surface area contributed by atoms with Gasteiger partial charge in [-0.15, -0.1) is 0 Å². The third-order valence-electron chi connectivity index (χ3n) is 6.16. The van der Waals surface area contributed by atoms with Crippen LogP contribution in [-0.4, -0.2) is 53.9 Å². The van der Waals surface area contributed by atoms with E-state index in [0.717, 1.165) is 42.8 Å². The van der Waals surface area contributed by atoms with Gasteiger partial charge in [0.2, 0.25) is 0 Å². The van der Waals surface area contributed by atoms with Crippen LogP contribution in [0.2, 0.25) is 0 Å². The largest absolute Gasteiger partial charge is 0.361 e. The number of carbonyl (C=O) groups excluding carboxylic acids is 1. The van der Waals surface area contributed by atoms with Crippen molar-refractivity contribution in [3.8, 4) is 11.1 Å². The van der Waals surface area contributed by atoms with Gasteiger partial charge in [0.05, 0.1) is 0 Å². The summed E-state index contributed by atoms with van der Waals surface area (Å²) >= 11 is 0. The fraction of sp³-hybridized carbons (Fsp3) is 0.304. The highest BCUT2D eigenvalue weighted by Gasteiger charge is 2.40. The van der Waals surface area contributed by atoms with Crippen LogP contribution < -0.4 is 5.43 Å². The predicted molar refractivity (Wildman–Crippen MR) is 110 cm³/mol. The highest BCUT2D eigenvalue weighted by molar-refractivity contribution is 5.96. The minimum absolute atomic E-state index is 0.00333. The quantitative estimate of drug-likeness (QED) is 0.752. The lowest BCUT2D eigenvalue weighted by Crippen LogP contribution is -2.32. The van der Waals surface area contributed by atoms with Crippen molar-refractivity contribution in [3.63, 3.8) is 0 Å². The molecule has 5 heteroatoms. The van der Waals surface area contributed by atoms with Crippen molar-refractivity contribution >= 4 is 16.8 Å². The summed E-state index contributed by atoms with van der Waals surface area (Å²) in [7, 11) is 2.16. The molecule has 0 saturated carbocycles. The van der Waals surface area contributed by atoms with E-state index in [1.54, 1.807) is 6.20 Å². The molecule has 2 aromatic carbocycles. The first-order valence-electron chi connectivity index (χ1n) is 9.78. The second kappa shape index (κ2) is 6.60. The zero-order valence-corrected chi connectivity index (χ0v) is 15.9. The molecule has 2 aliphatic rings. The van der Waals surface area contributed by atoms with Gasteiger partial charge >= 0.3 is 0 Å². The maximum Gasteiger partial charge on any atom is 0.253 e. The predicted octanol–water partition coefficient (Wildman–Crippen LogP) is 2.83. The van der Waals surface area contributed by atoms with Crippen LogP contribution in [0.5, 0.6) is 0 Å². The van der Waals surface area contributed by atoms with Crippen molar-refractivity contribution in [1.29, 1.82) is 0 Å². The van der Waals surface area contributed by atoms with Crippen LogP contribution in [0.1, 0.15) is 10.4 Å². The highest BCUT2D eigenvalue weighted by atomic mass is 16.2. The zero-order valence-electron chi connectivity index (χ0n) is 15.9. The molecular weight excluding hydrogens is 350 g/mol. The van der Waals surface area contributed by atoms with E-state index in [0.29, 0.717) is 22.8 Å². The lowest BCUT2D eigenvalue weighted by Gasteiger charge is -2.19. The number of nitrogens with one attached hydrogen (secondary N) is 1. The first-order chi connectivity index (χ1) is 13.6. The van der Waals surface area contributed by atoms with Gasteiger partial charge in [0.1, 0.15) is 0 Å². The summed E-state index contributed by atoms with van der Waals surface area (Å²) in [6, 6.07) is 15.1. The molecule has 3 aromatic rings. The van der Waals surface area contributed by atoms with E-state index in [1.165, 1.54) is 6.07 Å². The second-order valence-electron chi connectivity index (χ2n) is 8.13. The molecule has 0 radical (unpaired) electrons. The van der Waals surface area contributed by atoms with Gasteiger partial charge < -0.3 is 14.8 Å². The van der Waals surface area contributed by atoms with Crippen LogP contribution in [0.25, 0.3) is 22.0 Å². The van der Waals surface area contributed by atoms with E-state index >= 15 is 0 Å². The van der Waals surface area contributed by atoms with Gasteiger partial charge in [-0.25, -0.2) is 0 Å². The molecule has 28 heavy (non-hydrogen) atoms. The molecule has 142 valence electrons. The van der Waals surface area contributed by atoms with Gasteiger partial charge in [-0.2, -0.15) is 0 Å². The Morgan fingerprint density at radius 2 is 1.71 bits per heavy atom. The smallest absolute Gasteiger partial charge is 0.253 e. The summed E-state index contributed by atoms with van der Waals surface area (Å²) < 4.78 is 0. The van der Waals surface area contributed by atoms with E-state index in [9.17, 15) is 9.59 Å². The normalized spacial score (nSPS) is 22.0. The van der Waals surface area contributed by atoms with Crippen molar-refractivity contribution in [1.82, 2.24) is 14.8 Å². The summed E-state index contributed by atoms with van der Waals surface area (Å²) in [6.07, 6.45) is 1.66. The van der Waals surface area contributed by atoms with Crippen LogP contribution in [0.3, 0.4) is 0 Å². The Balaban J connectivity index is 1.43. The minimum atomic E-state index is -0.00333. The molecule has 5 rings (SSSR count). The van der Waals surface area contributed by atoms with Gasteiger partial charge in [0, 0.05) is 54.9 Å². The monoisotopic (exact) mass is 373 g/mol. The maximum absolute atomic E-state index is 13.1. The van der Waals surface area contributed by atoms with Crippen LogP contribution in [0.4, 0.5) is 0 Å². The molecule has 5 nitrogen and oxygen atoms in total. The molecular formula is C23H23N3O2.